The van der Waals surface area contributed by atoms with Crippen LogP contribution in [0.25, 0.3) is 11.0 Å². The Hall–Kier alpha value is -2.17. The molecule has 8 nitrogen and oxygen atoms in total. The van der Waals surface area contributed by atoms with Gasteiger partial charge in [0.05, 0.1) is 11.0 Å². The van der Waals surface area contributed by atoms with Crippen LogP contribution < -0.4 is 10.6 Å². The predicted octanol–water partition coefficient (Wildman–Crippen LogP) is 3.86. The molecule has 9 heteroatoms. The molecule has 1 aliphatic carbocycles. The van der Waals surface area contributed by atoms with Gasteiger partial charge in [-0.05, 0) is 45.2 Å². The maximum absolute atomic E-state index is 4.82. The average molecular weight is 550 g/mol. The third-order valence-corrected chi connectivity index (χ3v) is 6.20. The van der Waals surface area contributed by atoms with Gasteiger partial charge in [0, 0.05) is 26.2 Å². The Morgan fingerprint density at radius 3 is 2.62 bits per heavy atom. The van der Waals surface area contributed by atoms with Crippen molar-refractivity contribution in [2.45, 2.75) is 71.5 Å². The molecular formula is C23H35IN8. The summed E-state index contributed by atoms with van der Waals surface area (Å²) in [6.45, 7) is 6.33. The highest BCUT2D eigenvalue weighted by atomic mass is 127. The summed E-state index contributed by atoms with van der Waals surface area (Å²) in [5.41, 5.74) is 2.26. The van der Waals surface area contributed by atoms with Gasteiger partial charge in [0.15, 0.2) is 11.8 Å². The second kappa shape index (κ2) is 11.6. The number of nitrogens with zero attached hydrogens (tertiary/aromatic N) is 6. The number of aromatic nitrogens is 5. The molecule has 3 aromatic rings. The molecule has 2 N–H and O–H groups in total. The van der Waals surface area contributed by atoms with E-state index in [1.807, 2.05) is 24.6 Å². The number of aryl methyl sites for hydroxylation is 3. The fraction of sp³-hybridized carbons (Fsp3) is 0.565. The van der Waals surface area contributed by atoms with Crippen LogP contribution in [0, 0.1) is 13.8 Å². The fourth-order valence-corrected chi connectivity index (χ4v) is 4.25. The first-order chi connectivity index (χ1) is 15.1. The van der Waals surface area contributed by atoms with Gasteiger partial charge < -0.3 is 19.8 Å². The molecule has 0 aliphatic heterocycles. The molecule has 1 fully saturated rings. The number of hydrogen-bond acceptors (Lipinski definition) is 4. The molecule has 1 saturated carbocycles. The first-order valence-corrected chi connectivity index (χ1v) is 11.4. The summed E-state index contributed by atoms with van der Waals surface area (Å²) in [4.78, 5) is 9.49. The minimum absolute atomic E-state index is 0. The normalized spacial score (nSPS) is 15.0. The van der Waals surface area contributed by atoms with Crippen LogP contribution in [0.3, 0.4) is 0 Å². The Balaban J connectivity index is 0.00000289. The van der Waals surface area contributed by atoms with Crippen LogP contribution in [0.15, 0.2) is 29.3 Å². The van der Waals surface area contributed by atoms with Crippen LogP contribution in [-0.2, 0) is 20.1 Å². The molecule has 0 saturated heterocycles. The van der Waals surface area contributed by atoms with Crippen molar-refractivity contribution < 1.29 is 0 Å². The lowest BCUT2D eigenvalue weighted by molar-refractivity contribution is 0.409. The van der Waals surface area contributed by atoms with Gasteiger partial charge >= 0.3 is 0 Å². The van der Waals surface area contributed by atoms with E-state index >= 15 is 0 Å². The number of imidazole rings is 1. The zero-order valence-electron chi connectivity index (χ0n) is 19.3. The highest BCUT2D eigenvalue weighted by Crippen LogP contribution is 2.17. The van der Waals surface area contributed by atoms with Crippen molar-refractivity contribution in [3.8, 4) is 0 Å². The van der Waals surface area contributed by atoms with Crippen molar-refractivity contribution >= 4 is 41.0 Å². The van der Waals surface area contributed by atoms with Gasteiger partial charge in [-0.2, -0.15) is 0 Å². The summed E-state index contributed by atoms with van der Waals surface area (Å²) in [7, 11) is 1.99. The Kier molecular flexibility index (Phi) is 8.89. The van der Waals surface area contributed by atoms with Crippen molar-refractivity contribution in [2.24, 2.45) is 12.0 Å². The topological polar surface area (TPSA) is 85.0 Å². The van der Waals surface area contributed by atoms with Crippen molar-refractivity contribution in [1.82, 2.24) is 34.9 Å². The molecule has 4 rings (SSSR count). The van der Waals surface area contributed by atoms with Crippen LogP contribution in [-0.4, -0.2) is 42.9 Å². The van der Waals surface area contributed by atoms with E-state index in [9.17, 15) is 0 Å². The maximum Gasteiger partial charge on any atom is 0.191 e. The Bertz CT molecular complexity index is 1030. The van der Waals surface area contributed by atoms with Crippen molar-refractivity contribution in [1.29, 1.82) is 0 Å². The number of fused-ring (bicyclic) bond motifs is 1. The van der Waals surface area contributed by atoms with E-state index in [1.165, 1.54) is 37.6 Å². The van der Waals surface area contributed by atoms with E-state index in [1.54, 1.807) is 0 Å². The molecule has 0 atom stereocenters. The quantitative estimate of drug-likeness (QED) is 0.202. The number of hydrogen-bond donors (Lipinski definition) is 2. The van der Waals surface area contributed by atoms with Crippen LogP contribution in [0.4, 0.5) is 0 Å². The maximum atomic E-state index is 4.82. The van der Waals surface area contributed by atoms with Crippen LogP contribution in [0.5, 0.6) is 0 Å². The molecule has 1 aromatic carbocycles. The molecule has 2 heterocycles. The number of halogens is 1. The molecule has 174 valence electrons. The molecule has 2 aromatic heterocycles. The third-order valence-electron chi connectivity index (χ3n) is 6.20. The van der Waals surface area contributed by atoms with Crippen molar-refractivity contribution in [3.05, 3.63) is 41.7 Å². The zero-order valence-corrected chi connectivity index (χ0v) is 21.7. The summed E-state index contributed by atoms with van der Waals surface area (Å²) in [5.74, 6) is 3.72. The summed E-state index contributed by atoms with van der Waals surface area (Å²) in [5, 5.41) is 15.6. The largest absolute Gasteiger partial charge is 0.356 e. The summed E-state index contributed by atoms with van der Waals surface area (Å²) < 4.78 is 4.29. The molecule has 0 unspecified atom stereocenters. The number of guanidine groups is 1. The molecular weight excluding hydrogens is 515 g/mol. The summed E-state index contributed by atoms with van der Waals surface area (Å²) in [6.07, 6.45) is 7.35. The standard InChI is InChI=1S/C23H34N8.HI/c1-17-26-20-12-7-8-13-21(20)31(17)15-9-14-24-23(27-19-10-5-4-6-11-19)25-16-22-29-28-18(2)30(22)3;/h7-8,12-13,19H,4-6,9-11,14-16H2,1-3H3,(H2,24,25,27);1H. The predicted molar refractivity (Wildman–Crippen MR) is 139 cm³/mol. The lowest BCUT2D eigenvalue weighted by Crippen LogP contribution is -2.44. The SMILES string of the molecule is Cc1nnc(CN=C(NCCCn2c(C)nc3ccccc32)NC2CCCCC2)n1C.I. The van der Waals surface area contributed by atoms with E-state index < -0.39 is 0 Å². The molecule has 0 spiro atoms. The van der Waals surface area contributed by atoms with Gasteiger partial charge in [-0.25, -0.2) is 9.98 Å². The first kappa shape index (κ1) is 24.5. The van der Waals surface area contributed by atoms with Crippen LogP contribution in [0.1, 0.15) is 56.0 Å². The molecule has 1 aliphatic rings. The van der Waals surface area contributed by atoms with Crippen LogP contribution in [0.2, 0.25) is 0 Å². The molecule has 0 bridgehead atoms. The van der Waals surface area contributed by atoms with Gasteiger partial charge in [0.25, 0.3) is 0 Å². The van der Waals surface area contributed by atoms with E-state index in [4.69, 9.17) is 4.99 Å². The van der Waals surface area contributed by atoms with Gasteiger partial charge in [-0.1, -0.05) is 31.4 Å². The van der Waals surface area contributed by atoms with E-state index in [2.05, 4.69) is 55.5 Å². The molecule has 0 radical (unpaired) electrons. The van der Waals surface area contributed by atoms with Crippen LogP contribution >= 0.6 is 24.0 Å². The number of rotatable bonds is 7. The summed E-state index contributed by atoms with van der Waals surface area (Å²) >= 11 is 0. The second-order valence-electron chi connectivity index (χ2n) is 8.45. The number of para-hydroxylation sites is 2. The number of benzene rings is 1. The number of nitrogens with one attached hydrogen (secondary N) is 2. The second-order valence-corrected chi connectivity index (χ2v) is 8.45. The molecule has 0 amide bonds. The monoisotopic (exact) mass is 550 g/mol. The van der Waals surface area contributed by atoms with Gasteiger partial charge in [0.1, 0.15) is 18.2 Å². The van der Waals surface area contributed by atoms with E-state index in [0.29, 0.717) is 12.6 Å². The van der Waals surface area contributed by atoms with Gasteiger partial charge in [-0.15, -0.1) is 34.2 Å². The fourth-order valence-electron chi connectivity index (χ4n) is 4.25. The lowest BCUT2D eigenvalue weighted by atomic mass is 9.96. The minimum atomic E-state index is 0. The van der Waals surface area contributed by atoms with E-state index in [0.717, 1.165) is 48.5 Å². The van der Waals surface area contributed by atoms with Crippen molar-refractivity contribution in [2.75, 3.05) is 6.54 Å². The Morgan fingerprint density at radius 2 is 1.88 bits per heavy atom. The lowest BCUT2D eigenvalue weighted by Gasteiger charge is -2.25. The highest BCUT2D eigenvalue weighted by Gasteiger charge is 2.15. The highest BCUT2D eigenvalue weighted by molar-refractivity contribution is 14.0. The zero-order chi connectivity index (χ0) is 21.6. The smallest absolute Gasteiger partial charge is 0.191 e. The minimum Gasteiger partial charge on any atom is -0.356 e. The third kappa shape index (κ3) is 5.99. The first-order valence-electron chi connectivity index (χ1n) is 11.4. The van der Waals surface area contributed by atoms with Crippen molar-refractivity contribution in [3.63, 3.8) is 0 Å². The van der Waals surface area contributed by atoms with E-state index in [-0.39, 0.29) is 24.0 Å². The average Bonchev–Trinajstić information content (AvgIpc) is 3.28. The Labute approximate surface area is 207 Å². The Morgan fingerprint density at radius 1 is 1.09 bits per heavy atom. The van der Waals surface area contributed by atoms with Gasteiger partial charge in [-0.3, -0.25) is 0 Å². The number of aliphatic imine (C=N–C) groups is 1. The summed E-state index contributed by atoms with van der Waals surface area (Å²) in [6, 6.07) is 8.83. The molecule has 32 heavy (non-hydrogen) atoms. The van der Waals surface area contributed by atoms with Gasteiger partial charge in [0.2, 0.25) is 0 Å².